The standard InChI is InChI=1S/C16H19NO/c1-16(13-5-3-2-4-6-13)14-7-11-9-17(16)10-12(8-14)15(11)18/h2-6,11-12,14H,7-10H2,1H3/t11-,12+,14?,16?. The minimum absolute atomic E-state index is 0.162. The maximum atomic E-state index is 12.1. The summed E-state index contributed by atoms with van der Waals surface area (Å²) in [5.74, 6) is 1.88. The van der Waals surface area contributed by atoms with Crippen LogP contribution in [0, 0.1) is 17.8 Å². The van der Waals surface area contributed by atoms with Crippen molar-refractivity contribution in [3.8, 4) is 0 Å². The molecule has 1 saturated carbocycles. The fourth-order valence-corrected chi connectivity index (χ4v) is 4.57. The molecule has 0 amide bonds. The minimum Gasteiger partial charge on any atom is -0.299 e. The van der Waals surface area contributed by atoms with Gasteiger partial charge in [0.25, 0.3) is 0 Å². The SMILES string of the molecule is CC1(c2ccccc2)C2C[C@@H]3CN1C[C@H](C2)C3=O. The van der Waals surface area contributed by atoms with Gasteiger partial charge in [-0.15, -0.1) is 0 Å². The van der Waals surface area contributed by atoms with E-state index in [1.807, 2.05) is 0 Å². The lowest BCUT2D eigenvalue weighted by Gasteiger charge is -2.61. The average Bonchev–Trinajstić information content (AvgIpc) is 2.38. The number of benzene rings is 1. The molecule has 3 heterocycles. The third-order valence-corrected chi connectivity index (χ3v) is 5.63. The van der Waals surface area contributed by atoms with Crippen LogP contribution in [0.1, 0.15) is 25.3 Å². The van der Waals surface area contributed by atoms with Gasteiger partial charge >= 0.3 is 0 Å². The van der Waals surface area contributed by atoms with Crippen molar-refractivity contribution < 1.29 is 4.79 Å². The van der Waals surface area contributed by atoms with Gasteiger partial charge in [-0.1, -0.05) is 30.3 Å². The number of ketones is 1. The van der Waals surface area contributed by atoms with Crippen molar-refractivity contribution >= 4 is 5.78 Å². The van der Waals surface area contributed by atoms with E-state index >= 15 is 0 Å². The molecule has 2 nitrogen and oxygen atoms in total. The highest BCUT2D eigenvalue weighted by Crippen LogP contribution is 2.54. The van der Waals surface area contributed by atoms with E-state index in [0.29, 0.717) is 23.5 Å². The summed E-state index contributed by atoms with van der Waals surface area (Å²) in [6.07, 6.45) is 2.22. The van der Waals surface area contributed by atoms with Crippen molar-refractivity contribution in [2.24, 2.45) is 17.8 Å². The maximum Gasteiger partial charge on any atom is 0.141 e. The van der Waals surface area contributed by atoms with Crippen molar-refractivity contribution in [1.29, 1.82) is 0 Å². The van der Waals surface area contributed by atoms with Crippen LogP contribution in [0.2, 0.25) is 0 Å². The van der Waals surface area contributed by atoms with Gasteiger partial charge in [-0.25, -0.2) is 0 Å². The molecule has 3 saturated heterocycles. The number of nitrogens with zero attached hydrogens (tertiary/aromatic N) is 1. The van der Waals surface area contributed by atoms with Crippen molar-refractivity contribution in [3.05, 3.63) is 35.9 Å². The summed E-state index contributed by atoms with van der Waals surface area (Å²) in [4.78, 5) is 14.7. The summed E-state index contributed by atoms with van der Waals surface area (Å²) in [5.41, 5.74) is 1.59. The van der Waals surface area contributed by atoms with Crippen molar-refractivity contribution in [2.75, 3.05) is 13.1 Å². The van der Waals surface area contributed by atoms with Crippen LogP contribution < -0.4 is 0 Å². The number of hydrogen-bond donors (Lipinski definition) is 0. The molecule has 4 bridgehead atoms. The lowest BCUT2D eigenvalue weighted by Crippen LogP contribution is -2.67. The molecule has 1 aromatic rings. The smallest absolute Gasteiger partial charge is 0.141 e. The van der Waals surface area contributed by atoms with E-state index < -0.39 is 0 Å². The van der Waals surface area contributed by atoms with Gasteiger partial charge in [0.2, 0.25) is 0 Å². The Labute approximate surface area is 108 Å². The zero-order chi connectivity index (χ0) is 12.3. The van der Waals surface area contributed by atoms with Crippen LogP contribution in [0.3, 0.4) is 0 Å². The molecule has 94 valence electrons. The molecule has 3 unspecified atom stereocenters. The van der Waals surface area contributed by atoms with E-state index in [4.69, 9.17) is 0 Å². The summed E-state index contributed by atoms with van der Waals surface area (Å²) in [5, 5.41) is 0. The van der Waals surface area contributed by atoms with E-state index in [2.05, 4.69) is 42.2 Å². The molecule has 18 heavy (non-hydrogen) atoms. The van der Waals surface area contributed by atoms with Crippen LogP contribution in [0.5, 0.6) is 0 Å². The Bertz CT molecular complexity index is 461. The summed E-state index contributed by atoms with van der Waals surface area (Å²) in [7, 11) is 0. The molecule has 0 spiro atoms. The van der Waals surface area contributed by atoms with E-state index in [0.717, 1.165) is 25.9 Å². The molecule has 5 rings (SSSR count). The number of carbonyl (C=O) groups is 1. The predicted molar refractivity (Wildman–Crippen MR) is 70.1 cm³/mol. The summed E-state index contributed by atoms with van der Waals surface area (Å²) < 4.78 is 0. The van der Waals surface area contributed by atoms with Gasteiger partial charge in [0.05, 0.1) is 0 Å². The largest absolute Gasteiger partial charge is 0.299 e. The first-order valence-corrected chi connectivity index (χ1v) is 7.04. The summed E-state index contributed by atoms with van der Waals surface area (Å²) >= 11 is 0. The van der Waals surface area contributed by atoms with Crippen LogP contribution in [0.4, 0.5) is 0 Å². The number of Topliss-reactive ketones (excluding diaryl/α,β-unsaturated/α-hetero) is 1. The van der Waals surface area contributed by atoms with Gasteiger partial charge in [-0.3, -0.25) is 9.69 Å². The van der Waals surface area contributed by atoms with E-state index in [-0.39, 0.29) is 5.54 Å². The Morgan fingerprint density at radius 2 is 1.72 bits per heavy atom. The lowest BCUT2D eigenvalue weighted by molar-refractivity contribution is -0.160. The summed E-state index contributed by atoms with van der Waals surface area (Å²) in [6.45, 7) is 4.35. The number of rotatable bonds is 1. The highest BCUT2D eigenvalue weighted by molar-refractivity contribution is 5.86. The second-order valence-electron chi connectivity index (χ2n) is 6.38. The number of hydrogen-bond acceptors (Lipinski definition) is 2. The molecule has 2 heteroatoms. The molecule has 1 aliphatic carbocycles. The quantitative estimate of drug-likeness (QED) is 0.752. The first-order valence-electron chi connectivity index (χ1n) is 7.04. The monoisotopic (exact) mass is 241 g/mol. The van der Waals surface area contributed by atoms with Crippen molar-refractivity contribution in [1.82, 2.24) is 4.90 Å². The molecule has 0 N–H and O–H groups in total. The molecule has 1 aromatic carbocycles. The minimum atomic E-state index is 0.162. The molecule has 3 aliphatic heterocycles. The highest BCUT2D eigenvalue weighted by atomic mass is 16.1. The molecule has 5 atom stereocenters. The van der Waals surface area contributed by atoms with Crippen LogP contribution >= 0.6 is 0 Å². The second-order valence-corrected chi connectivity index (χ2v) is 6.38. The first kappa shape index (κ1) is 10.7. The molecular weight excluding hydrogens is 222 g/mol. The van der Waals surface area contributed by atoms with Crippen molar-refractivity contribution in [3.63, 3.8) is 0 Å². The molecule has 0 radical (unpaired) electrons. The topological polar surface area (TPSA) is 20.3 Å². The first-order chi connectivity index (χ1) is 8.69. The normalized spacial score (nSPS) is 45.5. The number of piperidine rings is 3. The fraction of sp³-hybridized carbons (Fsp3) is 0.562. The van der Waals surface area contributed by atoms with Gasteiger partial charge < -0.3 is 0 Å². The second kappa shape index (κ2) is 3.45. The van der Waals surface area contributed by atoms with Gasteiger partial charge in [-0.05, 0) is 31.2 Å². The maximum absolute atomic E-state index is 12.1. The van der Waals surface area contributed by atoms with Crippen LogP contribution in [-0.2, 0) is 10.3 Å². The lowest BCUT2D eigenvalue weighted by atomic mass is 9.57. The fourth-order valence-electron chi connectivity index (χ4n) is 4.57. The van der Waals surface area contributed by atoms with Crippen LogP contribution in [0.15, 0.2) is 30.3 Å². The van der Waals surface area contributed by atoms with E-state index in [1.54, 1.807) is 0 Å². The third kappa shape index (κ3) is 1.19. The van der Waals surface area contributed by atoms with Gasteiger partial charge in [-0.2, -0.15) is 0 Å². The van der Waals surface area contributed by atoms with E-state index in [1.165, 1.54) is 5.56 Å². The van der Waals surface area contributed by atoms with Gasteiger partial charge in [0.15, 0.2) is 0 Å². The Morgan fingerprint density at radius 3 is 2.28 bits per heavy atom. The number of carbonyl (C=O) groups excluding carboxylic acids is 1. The highest BCUT2D eigenvalue weighted by Gasteiger charge is 2.57. The molecule has 4 fully saturated rings. The Balaban J connectivity index is 1.78. The third-order valence-electron chi connectivity index (χ3n) is 5.63. The Morgan fingerprint density at radius 1 is 1.11 bits per heavy atom. The molecule has 4 aliphatic rings. The Hall–Kier alpha value is -1.15. The van der Waals surface area contributed by atoms with Crippen LogP contribution in [0.25, 0.3) is 0 Å². The Kier molecular flexibility index (Phi) is 2.06. The van der Waals surface area contributed by atoms with Gasteiger partial charge in [0, 0.05) is 30.5 Å². The van der Waals surface area contributed by atoms with E-state index in [9.17, 15) is 4.79 Å². The zero-order valence-corrected chi connectivity index (χ0v) is 10.8. The molecular formula is C16H19NO. The average molecular weight is 241 g/mol. The van der Waals surface area contributed by atoms with Crippen molar-refractivity contribution in [2.45, 2.75) is 25.3 Å². The predicted octanol–water partition coefficient (Wildman–Crippen LogP) is 2.44. The summed E-state index contributed by atoms with van der Waals surface area (Å²) in [6, 6.07) is 10.9. The zero-order valence-electron chi connectivity index (χ0n) is 10.8. The molecule has 0 aromatic heterocycles. The van der Waals surface area contributed by atoms with Gasteiger partial charge in [0.1, 0.15) is 5.78 Å². The van der Waals surface area contributed by atoms with Crippen LogP contribution in [-0.4, -0.2) is 23.8 Å².